The van der Waals surface area contributed by atoms with E-state index in [0.29, 0.717) is 0 Å². The van der Waals surface area contributed by atoms with Gasteiger partial charge in [-0.1, -0.05) is 76.2 Å². The monoisotopic (exact) mass is 378 g/mol. The van der Waals surface area contributed by atoms with Crippen molar-refractivity contribution in [3.63, 3.8) is 0 Å². The summed E-state index contributed by atoms with van der Waals surface area (Å²) < 4.78 is 0. The molecule has 0 aliphatic heterocycles. The SMILES string of the molecule is CCC(O)(/C=C/c1ccc(C(CC)(CC)c2ccc(C)c(C)c2)cc1C)CC. The first-order valence-electron chi connectivity index (χ1n) is 10.9. The Balaban J connectivity index is 2.48. The summed E-state index contributed by atoms with van der Waals surface area (Å²) in [5, 5.41) is 10.6. The van der Waals surface area contributed by atoms with E-state index in [-0.39, 0.29) is 5.41 Å². The van der Waals surface area contributed by atoms with E-state index < -0.39 is 5.60 Å². The largest absolute Gasteiger partial charge is 0.386 e. The molecule has 2 aromatic rings. The predicted octanol–water partition coefficient (Wildman–Crippen LogP) is 7.28. The van der Waals surface area contributed by atoms with Crippen LogP contribution in [0.1, 0.15) is 86.8 Å². The highest BCUT2D eigenvalue weighted by molar-refractivity contribution is 5.57. The maximum absolute atomic E-state index is 10.6. The van der Waals surface area contributed by atoms with Crippen molar-refractivity contribution in [2.75, 3.05) is 0 Å². The van der Waals surface area contributed by atoms with Gasteiger partial charge in [-0.2, -0.15) is 0 Å². The Labute approximate surface area is 172 Å². The van der Waals surface area contributed by atoms with Gasteiger partial charge in [-0.15, -0.1) is 0 Å². The molecule has 2 rings (SSSR count). The van der Waals surface area contributed by atoms with Gasteiger partial charge in [0.25, 0.3) is 0 Å². The molecule has 28 heavy (non-hydrogen) atoms. The molecule has 0 spiro atoms. The minimum atomic E-state index is -0.707. The fourth-order valence-electron chi connectivity index (χ4n) is 4.16. The summed E-state index contributed by atoms with van der Waals surface area (Å²) in [5.41, 5.74) is 7.29. The molecule has 0 saturated heterocycles. The number of benzene rings is 2. The zero-order valence-corrected chi connectivity index (χ0v) is 18.9. The van der Waals surface area contributed by atoms with E-state index in [0.717, 1.165) is 25.7 Å². The van der Waals surface area contributed by atoms with Crippen molar-refractivity contribution in [3.05, 3.63) is 75.9 Å². The lowest BCUT2D eigenvalue weighted by Crippen LogP contribution is -2.26. The number of hydrogen-bond donors (Lipinski definition) is 1. The number of aryl methyl sites for hydroxylation is 3. The van der Waals surface area contributed by atoms with Gasteiger partial charge >= 0.3 is 0 Å². The quantitative estimate of drug-likeness (QED) is 0.511. The first kappa shape index (κ1) is 22.4. The minimum Gasteiger partial charge on any atom is -0.386 e. The Morgan fingerprint density at radius 1 is 0.714 bits per heavy atom. The molecule has 1 nitrogen and oxygen atoms in total. The Bertz CT molecular complexity index is 820. The Morgan fingerprint density at radius 2 is 1.25 bits per heavy atom. The van der Waals surface area contributed by atoms with Gasteiger partial charge in [0.2, 0.25) is 0 Å². The van der Waals surface area contributed by atoms with E-state index in [9.17, 15) is 5.11 Å². The molecule has 0 aromatic heterocycles. The van der Waals surface area contributed by atoms with Gasteiger partial charge in [0.15, 0.2) is 0 Å². The van der Waals surface area contributed by atoms with Gasteiger partial charge in [-0.25, -0.2) is 0 Å². The molecule has 0 radical (unpaired) electrons. The fraction of sp³-hybridized carbons (Fsp3) is 0.481. The third-order valence-electron chi connectivity index (χ3n) is 6.89. The smallest absolute Gasteiger partial charge is 0.0825 e. The molecular weight excluding hydrogens is 340 g/mol. The van der Waals surface area contributed by atoms with Crippen LogP contribution in [0.25, 0.3) is 6.08 Å². The number of hydrogen-bond acceptors (Lipinski definition) is 1. The first-order chi connectivity index (χ1) is 13.2. The third-order valence-corrected chi connectivity index (χ3v) is 6.89. The van der Waals surface area contributed by atoms with Crippen LogP contribution in [0, 0.1) is 20.8 Å². The summed E-state index contributed by atoms with van der Waals surface area (Å²) in [7, 11) is 0. The van der Waals surface area contributed by atoms with Crippen LogP contribution in [0.2, 0.25) is 0 Å². The second-order valence-electron chi connectivity index (χ2n) is 8.30. The Kier molecular flexibility index (Phi) is 7.28. The molecule has 0 atom stereocenters. The van der Waals surface area contributed by atoms with Crippen LogP contribution in [0.3, 0.4) is 0 Å². The molecular formula is C27H38O. The summed E-state index contributed by atoms with van der Waals surface area (Å²) in [6, 6.07) is 13.8. The minimum absolute atomic E-state index is 0.0407. The van der Waals surface area contributed by atoms with Gasteiger partial charge in [-0.05, 0) is 79.8 Å². The number of aliphatic hydroxyl groups is 1. The van der Waals surface area contributed by atoms with Gasteiger partial charge < -0.3 is 5.11 Å². The summed E-state index contributed by atoms with van der Waals surface area (Å²) >= 11 is 0. The lowest BCUT2D eigenvalue weighted by molar-refractivity contribution is 0.0836. The lowest BCUT2D eigenvalue weighted by atomic mass is 9.69. The van der Waals surface area contributed by atoms with Crippen molar-refractivity contribution in [1.82, 2.24) is 0 Å². The van der Waals surface area contributed by atoms with Gasteiger partial charge in [0.1, 0.15) is 0 Å². The molecule has 0 saturated carbocycles. The maximum Gasteiger partial charge on any atom is 0.0825 e. The van der Waals surface area contributed by atoms with Gasteiger partial charge in [-0.3, -0.25) is 0 Å². The number of rotatable bonds is 8. The molecule has 0 amide bonds. The summed E-state index contributed by atoms with van der Waals surface area (Å²) in [6.45, 7) is 15.2. The third kappa shape index (κ3) is 4.41. The molecule has 1 heteroatoms. The second-order valence-corrected chi connectivity index (χ2v) is 8.30. The first-order valence-corrected chi connectivity index (χ1v) is 10.9. The van der Waals surface area contributed by atoms with E-state index in [1.165, 1.54) is 33.4 Å². The molecule has 0 heterocycles. The lowest BCUT2D eigenvalue weighted by Gasteiger charge is -2.34. The molecule has 0 bridgehead atoms. The van der Waals surface area contributed by atoms with Crippen molar-refractivity contribution < 1.29 is 5.11 Å². The van der Waals surface area contributed by atoms with Crippen molar-refractivity contribution in [2.24, 2.45) is 0 Å². The normalized spacial score (nSPS) is 12.7. The summed E-state index contributed by atoms with van der Waals surface area (Å²) in [5.74, 6) is 0. The fourth-order valence-corrected chi connectivity index (χ4v) is 4.16. The average molecular weight is 379 g/mol. The highest BCUT2D eigenvalue weighted by atomic mass is 16.3. The van der Waals surface area contributed by atoms with E-state index in [1.54, 1.807) is 0 Å². The van der Waals surface area contributed by atoms with E-state index >= 15 is 0 Å². The topological polar surface area (TPSA) is 20.2 Å². The van der Waals surface area contributed by atoms with Crippen LogP contribution >= 0.6 is 0 Å². The van der Waals surface area contributed by atoms with Gasteiger partial charge in [0, 0.05) is 5.41 Å². The van der Waals surface area contributed by atoms with Crippen LogP contribution < -0.4 is 0 Å². The van der Waals surface area contributed by atoms with Crippen LogP contribution in [0.15, 0.2) is 42.5 Å². The highest BCUT2D eigenvalue weighted by Gasteiger charge is 2.31. The van der Waals surface area contributed by atoms with E-state index in [2.05, 4.69) is 77.1 Å². The highest BCUT2D eigenvalue weighted by Crippen LogP contribution is 2.40. The molecule has 2 aromatic carbocycles. The van der Waals surface area contributed by atoms with Crippen LogP contribution in [0.5, 0.6) is 0 Å². The van der Waals surface area contributed by atoms with Gasteiger partial charge in [0.05, 0.1) is 5.60 Å². The molecule has 152 valence electrons. The molecule has 1 N–H and O–H groups in total. The zero-order chi connectivity index (χ0) is 20.9. The van der Waals surface area contributed by atoms with Crippen molar-refractivity contribution in [3.8, 4) is 0 Å². The second kappa shape index (κ2) is 9.09. The van der Waals surface area contributed by atoms with Crippen LogP contribution in [-0.4, -0.2) is 10.7 Å². The van der Waals surface area contributed by atoms with Crippen LogP contribution in [0.4, 0.5) is 0 Å². The summed E-state index contributed by atoms with van der Waals surface area (Å²) in [6.07, 6.45) is 7.67. The Hall–Kier alpha value is -1.86. The molecule has 0 fully saturated rings. The maximum atomic E-state index is 10.6. The van der Waals surface area contributed by atoms with Crippen LogP contribution in [-0.2, 0) is 5.41 Å². The van der Waals surface area contributed by atoms with E-state index in [4.69, 9.17) is 0 Å². The summed E-state index contributed by atoms with van der Waals surface area (Å²) in [4.78, 5) is 0. The molecule has 0 aliphatic rings. The Morgan fingerprint density at radius 3 is 1.71 bits per heavy atom. The van der Waals surface area contributed by atoms with Crippen molar-refractivity contribution in [1.29, 1.82) is 0 Å². The predicted molar refractivity (Wildman–Crippen MR) is 123 cm³/mol. The van der Waals surface area contributed by atoms with Crippen molar-refractivity contribution in [2.45, 2.75) is 85.2 Å². The van der Waals surface area contributed by atoms with E-state index in [1.807, 2.05) is 19.9 Å². The molecule has 0 aliphatic carbocycles. The zero-order valence-electron chi connectivity index (χ0n) is 18.9. The standard InChI is InChI=1S/C27H38O/c1-8-26(28,9-2)17-16-23-13-15-25(19-22(23)7)27(10-3,11-4)24-14-12-20(5)21(6)18-24/h12-19,28H,8-11H2,1-7H3/b17-16+. The molecule has 0 unspecified atom stereocenters. The van der Waals surface area contributed by atoms with Crippen molar-refractivity contribution >= 4 is 6.08 Å². The average Bonchev–Trinajstić information content (AvgIpc) is 2.71.